The van der Waals surface area contributed by atoms with Crippen LogP contribution in [0.5, 0.6) is 0 Å². The van der Waals surface area contributed by atoms with Crippen LogP contribution in [0.15, 0.2) is 243 Å². The third kappa shape index (κ3) is 21.9. The standard InChI is InChI=1S/C80H68Cl3NO27/c1-46(85)99-59-58(45-98-76-65(108-74(93)54-39-23-9-24-40-54)62(106-72(91)52-35-19-7-20-36-52)60(104-70(89)50-31-15-5-16-32-50)56(101-76)43-96-68(87)48-27-11-3-12-28-48)103-78(111-79(95)84-80(81,82)83)66(100-47(2)86)64(59)110-77-67(109-75(94)55-41-25-10-26-42-55)63(107-73(92)53-37-21-8-22-38-53)61(105-71(90)51-33-17-6-18-34-51)57(102-77)44-97-69(88)49-29-13-4-14-30-49/h3-42,56-67,76-78H,43-45H2,1-2H3,(H,84,95)/t56-,57-,58-,59-,60+,61-,62+,63+,64+,65-,66-,67-,76-,77+,78-/m1/s1. The van der Waals surface area contributed by atoms with Gasteiger partial charge >= 0.3 is 65.8 Å². The lowest BCUT2D eigenvalue weighted by Gasteiger charge is -2.49. The number of halogens is 3. The van der Waals surface area contributed by atoms with E-state index in [1.165, 1.54) is 170 Å². The summed E-state index contributed by atoms with van der Waals surface area (Å²) in [4.78, 5) is 158. The number of carbonyl (C=O) groups excluding carboxylic acids is 11. The average molecular weight is 1580 g/mol. The molecule has 3 heterocycles. The fourth-order valence-electron chi connectivity index (χ4n) is 11.8. The maximum atomic E-state index is 14.8. The van der Waals surface area contributed by atoms with Crippen LogP contribution < -0.4 is 5.32 Å². The molecule has 3 fully saturated rings. The van der Waals surface area contributed by atoms with Crippen LogP contribution in [-0.4, -0.2) is 182 Å². The van der Waals surface area contributed by atoms with Gasteiger partial charge in [0.1, 0.15) is 37.6 Å². The van der Waals surface area contributed by atoms with Gasteiger partial charge in [-0.1, -0.05) is 180 Å². The number of benzene rings is 8. The van der Waals surface area contributed by atoms with Crippen molar-refractivity contribution in [1.82, 2.24) is 5.32 Å². The summed E-state index contributed by atoms with van der Waals surface area (Å²) in [5, 5.41) is 1.93. The molecule has 28 nitrogen and oxygen atoms in total. The summed E-state index contributed by atoms with van der Waals surface area (Å²) in [5.74, 6) is -10.9. The molecule has 576 valence electrons. The Morgan fingerprint density at radius 2 is 0.532 bits per heavy atom. The van der Waals surface area contributed by atoms with Crippen LogP contribution >= 0.6 is 34.8 Å². The molecule has 111 heavy (non-hydrogen) atoms. The molecule has 11 rings (SSSR count). The zero-order valence-electron chi connectivity index (χ0n) is 58.5. The molecule has 3 aliphatic rings. The van der Waals surface area contributed by atoms with Crippen molar-refractivity contribution in [2.45, 2.75) is 110 Å². The van der Waals surface area contributed by atoms with Crippen molar-refractivity contribution in [3.63, 3.8) is 0 Å². The van der Waals surface area contributed by atoms with E-state index < -0.39 is 182 Å². The molecule has 8 aromatic carbocycles. The first-order valence-corrected chi connectivity index (χ1v) is 35.3. The van der Waals surface area contributed by atoms with E-state index >= 15 is 0 Å². The Morgan fingerprint density at radius 1 is 0.288 bits per heavy atom. The fraction of sp³-hybridized carbons (Fsp3) is 0.263. The molecule has 0 saturated carbocycles. The Hall–Kier alpha value is -11.6. The summed E-state index contributed by atoms with van der Waals surface area (Å²) >= 11 is 18.1. The molecule has 8 aromatic rings. The van der Waals surface area contributed by atoms with E-state index in [2.05, 4.69) is 0 Å². The number of esters is 10. The minimum Gasteiger partial charge on any atom is -0.459 e. The Kier molecular flexibility index (Phi) is 27.6. The molecule has 3 saturated heterocycles. The monoisotopic (exact) mass is 1580 g/mol. The minimum atomic E-state index is -2.64. The molecule has 0 bridgehead atoms. The van der Waals surface area contributed by atoms with Gasteiger partial charge in [0.2, 0.25) is 6.29 Å². The molecule has 0 aliphatic carbocycles. The number of nitrogens with one attached hydrogen (secondary N) is 1. The molecule has 3 aliphatic heterocycles. The molecular weight excluding hydrogens is 1510 g/mol. The smallest absolute Gasteiger partial charge is 0.412 e. The number of alkyl halides is 3. The first-order valence-electron chi connectivity index (χ1n) is 34.2. The highest BCUT2D eigenvalue weighted by Crippen LogP contribution is 2.39. The summed E-state index contributed by atoms with van der Waals surface area (Å²) in [5.41, 5.74) is -0.446. The van der Waals surface area contributed by atoms with Gasteiger partial charge in [-0.15, -0.1) is 0 Å². The Balaban J connectivity index is 1.06. The molecule has 0 aromatic heterocycles. The molecule has 15 atom stereocenters. The number of rotatable bonds is 26. The lowest BCUT2D eigenvalue weighted by atomic mass is 9.95. The first-order chi connectivity index (χ1) is 53.5. The normalized spacial score (nSPS) is 23.4. The lowest BCUT2D eigenvalue weighted by Crippen LogP contribution is -2.68. The number of hydrogen-bond donors (Lipinski definition) is 1. The molecule has 1 amide bonds. The Bertz CT molecular complexity index is 4520. The van der Waals surface area contributed by atoms with E-state index in [1.54, 1.807) is 72.8 Å². The van der Waals surface area contributed by atoms with E-state index in [1.807, 2.05) is 5.32 Å². The Morgan fingerprint density at radius 3 is 0.847 bits per heavy atom. The van der Waals surface area contributed by atoms with E-state index in [0.717, 1.165) is 13.8 Å². The van der Waals surface area contributed by atoms with Crippen LogP contribution in [0, 0.1) is 0 Å². The minimum absolute atomic E-state index is 0.0192. The zero-order valence-corrected chi connectivity index (χ0v) is 60.8. The van der Waals surface area contributed by atoms with Gasteiger partial charge in [-0.2, -0.15) is 0 Å². The number of amides is 1. The van der Waals surface area contributed by atoms with Crippen molar-refractivity contribution >= 4 is 101 Å². The van der Waals surface area contributed by atoms with E-state index in [0.29, 0.717) is 0 Å². The van der Waals surface area contributed by atoms with Crippen LogP contribution in [0.3, 0.4) is 0 Å². The van der Waals surface area contributed by atoms with Crippen molar-refractivity contribution in [3.05, 3.63) is 287 Å². The molecule has 0 spiro atoms. The number of ether oxygens (including phenoxy) is 16. The van der Waals surface area contributed by atoms with E-state index in [-0.39, 0.29) is 44.5 Å². The lowest BCUT2D eigenvalue weighted by molar-refractivity contribution is -0.360. The maximum absolute atomic E-state index is 14.8. The third-order valence-electron chi connectivity index (χ3n) is 16.9. The molecule has 31 heteroatoms. The van der Waals surface area contributed by atoms with Gasteiger partial charge in [0, 0.05) is 13.8 Å². The van der Waals surface area contributed by atoms with Gasteiger partial charge in [0.15, 0.2) is 61.4 Å². The zero-order chi connectivity index (χ0) is 78.6. The van der Waals surface area contributed by atoms with Gasteiger partial charge in [0.05, 0.1) is 51.1 Å². The highest BCUT2D eigenvalue weighted by atomic mass is 35.6. The maximum Gasteiger partial charge on any atom is 0.412 e. The van der Waals surface area contributed by atoms with Gasteiger partial charge in [-0.25, -0.2) is 43.2 Å². The number of alkyl carbamates (subject to hydrolysis) is 1. The summed E-state index contributed by atoms with van der Waals surface area (Å²) in [6.07, 6.45) is -33.3. The fourth-order valence-corrected chi connectivity index (χ4v) is 12.0. The second kappa shape index (κ2) is 38.2. The molecule has 0 unspecified atom stereocenters. The molecule has 0 radical (unpaired) electrons. The van der Waals surface area contributed by atoms with Crippen molar-refractivity contribution in [2.75, 3.05) is 19.8 Å². The second-order valence-electron chi connectivity index (χ2n) is 24.6. The molecule has 1 N–H and O–H groups in total. The van der Waals surface area contributed by atoms with Gasteiger partial charge in [-0.3, -0.25) is 14.9 Å². The summed E-state index contributed by atoms with van der Waals surface area (Å²) in [6.45, 7) is -1.05. The largest absolute Gasteiger partial charge is 0.459 e. The summed E-state index contributed by atoms with van der Waals surface area (Å²) in [7, 11) is 0. The van der Waals surface area contributed by atoms with Gasteiger partial charge in [0.25, 0.3) is 3.92 Å². The van der Waals surface area contributed by atoms with Crippen LogP contribution in [0.4, 0.5) is 4.79 Å². The highest BCUT2D eigenvalue weighted by molar-refractivity contribution is 6.67. The first kappa shape index (κ1) is 80.4. The van der Waals surface area contributed by atoms with Gasteiger partial charge in [-0.05, 0) is 97.1 Å². The summed E-state index contributed by atoms with van der Waals surface area (Å²) in [6, 6.07) is 59.5. The number of carbonyl (C=O) groups is 11. The van der Waals surface area contributed by atoms with Crippen LogP contribution in [0.1, 0.15) is 96.7 Å². The van der Waals surface area contributed by atoms with Crippen molar-refractivity contribution in [1.29, 1.82) is 0 Å². The van der Waals surface area contributed by atoms with Crippen molar-refractivity contribution < 1.29 is 129 Å². The average Bonchev–Trinajstić information content (AvgIpc) is 0.757. The van der Waals surface area contributed by atoms with Crippen molar-refractivity contribution in [3.8, 4) is 0 Å². The van der Waals surface area contributed by atoms with Crippen LogP contribution in [0.25, 0.3) is 0 Å². The predicted octanol–water partition coefficient (Wildman–Crippen LogP) is 10.5. The van der Waals surface area contributed by atoms with Crippen molar-refractivity contribution in [2.24, 2.45) is 0 Å². The van der Waals surface area contributed by atoms with Gasteiger partial charge < -0.3 is 75.8 Å². The quantitative estimate of drug-likeness (QED) is 0.0228. The topological polar surface area (TPSA) is 347 Å². The second-order valence-corrected chi connectivity index (χ2v) is 26.9. The SMILES string of the molecule is CC(=O)O[C@H]1[C@@H](OC(=O)NC(Cl)(Cl)Cl)O[C@H](CO[C@@H]2O[C@H](COC(=O)c3ccccc3)[C@H](OC(=O)c3ccccc3)[C@H](OC(=O)c3ccccc3)[C@H]2OC(=O)c2ccccc2)[C@@H](OC(C)=O)[C@@H]1O[C@@H]1O[C@H](COC(=O)c2ccccc2)[C@@H](OC(=O)c2ccccc2)[C@H](OC(=O)c2ccccc2)[C@H]1OC(=O)c1ccccc1. The van der Waals surface area contributed by atoms with Crippen LogP contribution in [0.2, 0.25) is 0 Å². The third-order valence-corrected chi connectivity index (χ3v) is 17.1. The van der Waals surface area contributed by atoms with Crippen LogP contribution in [-0.2, 0) is 85.4 Å². The number of hydrogen-bond acceptors (Lipinski definition) is 27. The Labute approximate surface area is 648 Å². The summed E-state index contributed by atoms with van der Waals surface area (Å²) < 4.78 is 97.8. The predicted molar refractivity (Wildman–Crippen MR) is 385 cm³/mol. The van der Waals surface area contributed by atoms with E-state index in [9.17, 15) is 52.7 Å². The molecular formula is C80H68Cl3NO27. The highest BCUT2D eigenvalue weighted by Gasteiger charge is 2.60. The van der Waals surface area contributed by atoms with E-state index in [4.69, 9.17) is 111 Å².